The number of phenolic OH excluding ortho intramolecular Hbond substituents is 4. The van der Waals surface area contributed by atoms with Crippen molar-refractivity contribution < 1.29 is 79.6 Å². The number of hydrogen-bond donors (Lipinski definition) is 11. The molecular weight excluding hydrogens is 596 g/mol. The molecule has 2 aliphatic heterocycles. The zero-order chi connectivity index (χ0) is 32.2. The van der Waals surface area contributed by atoms with Gasteiger partial charge in [-0.15, -0.1) is 0 Å². The molecule has 0 unspecified atom stereocenters. The van der Waals surface area contributed by atoms with Gasteiger partial charge in [0.1, 0.15) is 77.1 Å². The molecule has 17 nitrogen and oxygen atoms in total. The Morgan fingerprint density at radius 3 is 2.16 bits per heavy atom. The van der Waals surface area contributed by atoms with Crippen molar-refractivity contribution in [3.63, 3.8) is 0 Å². The van der Waals surface area contributed by atoms with E-state index in [0.29, 0.717) is 0 Å². The summed E-state index contributed by atoms with van der Waals surface area (Å²) in [7, 11) is 0. The van der Waals surface area contributed by atoms with E-state index >= 15 is 0 Å². The van der Waals surface area contributed by atoms with Gasteiger partial charge in [0.2, 0.25) is 0 Å². The Balaban J connectivity index is 1.59. The predicted octanol–water partition coefficient (Wildman–Crippen LogP) is -2.29. The fraction of sp³-hybridized carbons (Fsp3) is 0.407. The van der Waals surface area contributed by atoms with Crippen LogP contribution in [0.1, 0.15) is 11.7 Å². The highest BCUT2D eigenvalue weighted by molar-refractivity contribution is 5.88. The molecule has 2 aromatic carbocycles. The first-order valence-corrected chi connectivity index (χ1v) is 13.0. The van der Waals surface area contributed by atoms with E-state index in [9.17, 15) is 65.8 Å². The van der Waals surface area contributed by atoms with E-state index in [4.69, 9.17) is 18.6 Å². The van der Waals surface area contributed by atoms with Crippen LogP contribution in [-0.2, 0) is 19.0 Å². The van der Waals surface area contributed by atoms with Crippen LogP contribution in [0.5, 0.6) is 23.0 Å². The Bertz CT molecular complexity index is 1620. The molecule has 1 aromatic heterocycles. The second-order valence-corrected chi connectivity index (χ2v) is 10.3. The summed E-state index contributed by atoms with van der Waals surface area (Å²) in [4.78, 5) is 24.7. The van der Waals surface area contributed by atoms with Crippen molar-refractivity contribution in [2.75, 3.05) is 6.61 Å². The number of aromatic hydroxyl groups is 4. The van der Waals surface area contributed by atoms with Gasteiger partial charge in [-0.2, -0.15) is 0 Å². The lowest BCUT2D eigenvalue weighted by molar-refractivity contribution is -0.337. The Morgan fingerprint density at radius 1 is 0.818 bits per heavy atom. The maximum absolute atomic E-state index is 13.2. The van der Waals surface area contributed by atoms with Gasteiger partial charge in [-0.25, -0.2) is 4.79 Å². The van der Waals surface area contributed by atoms with Crippen LogP contribution in [0.2, 0.25) is 0 Å². The lowest BCUT2D eigenvalue weighted by atomic mass is 9.89. The summed E-state index contributed by atoms with van der Waals surface area (Å²) in [6, 6.07) is 5.38. The third-order valence-corrected chi connectivity index (χ3v) is 7.53. The summed E-state index contributed by atoms with van der Waals surface area (Å²) in [6.45, 7) is -0.893. The fourth-order valence-corrected chi connectivity index (χ4v) is 5.20. The summed E-state index contributed by atoms with van der Waals surface area (Å²) in [5, 5.41) is 112. The van der Waals surface area contributed by atoms with Gasteiger partial charge in [-0.1, -0.05) is 0 Å². The Kier molecular flexibility index (Phi) is 8.42. The molecule has 0 saturated carbocycles. The van der Waals surface area contributed by atoms with E-state index in [1.165, 1.54) is 6.07 Å². The largest absolute Gasteiger partial charge is 0.507 e. The molecule has 0 aliphatic carbocycles. The van der Waals surface area contributed by atoms with E-state index in [1.54, 1.807) is 0 Å². The number of aliphatic hydroxyl groups is 6. The smallest absolute Gasteiger partial charge is 0.335 e. The normalized spacial score (nSPS) is 32.5. The number of hydrogen-bond acceptors (Lipinski definition) is 16. The van der Waals surface area contributed by atoms with Crippen LogP contribution < -0.4 is 5.43 Å². The van der Waals surface area contributed by atoms with Crippen molar-refractivity contribution in [1.82, 2.24) is 0 Å². The zero-order valence-corrected chi connectivity index (χ0v) is 22.2. The van der Waals surface area contributed by atoms with Crippen molar-refractivity contribution in [2.45, 2.75) is 61.2 Å². The molecule has 10 atom stereocenters. The number of ether oxygens (including phenoxy) is 3. The number of carboxylic acids is 1. The first-order chi connectivity index (χ1) is 20.7. The molecule has 0 bridgehead atoms. The summed E-state index contributed by atoms with van der Waals surface area (Å²) in [5.41, 5.74) is -1.70. The topological polar surface area (TPSA) is 298 Å². The molecule has 3 heterocycles. The van der Waals surface area contributed by atoms with Gasteiger partial charge in [0.05, 0.1) is 12.2 Å². The monoisotopic (exact) mass is 624 g/mol. The maximum atomic E-state index is 13.2. The van der Waals surface area contributed by atoms with Crippen LogP contribution >= 0.6 is 0 Å². The van der Waals surface area contributed by atoms with Gasteiger partial charge in [-0.3, -0.25) is 4.79 Å². The van der Waals surface area contributed by atoms with Crippen molar-refractivity contribution in [1.29, 1.82) is 0 Å². The number of rotatable bonds is 6. The second kappa shape index (κ2) is 11.8. The van der Waals surface area contributed by atoms with Crippen LogP contribution in [0.3, 0.4) is 0 Å². The molecule has 5 rings (SSSR count). The van der Waals surface area contributed by atoms with E-state index in [2.05, 4.69) is 0 Å². The minimum absolute atomic E-state index is 0.129. The molecule has 2 saturated heterocycles. The molecule has 238 valence electrons. The highest BCUT2D eigenvalue weighted by Crippen LogP contribution is 2.46. The van der Waals surface area contributed by atoms with Crippen LogP contribution in [0.15, 0.2) is 39.5 Å². The Morgan fingerprint density at radius 2 is 1.52 bits per heavy atom. The highest BCUT2D eigenvalue weighted by Gasteiger charge is 2.53. The quantitative estimate of drug-likeness (QED) is 0.129. The number of benzene rings is 2. The molecule has 11 N–H and O–H groups in total. The summed E-state index contributed by atoms with van der Waals surface area (Å²) in [6.07, 6.45) is -19.8. The lowest BCUT2D eigenvalue weighted by Gasteiger charge is -2.46. The minimum Gasteiger partial charge on any atom is -0.507 e. The van der Waals surface area contributed by atoms with Gasteiger partial charge in [-0.05, 0) is 18.2 Å². The van der Waals surface area contributed by atoms with E-state index in [1.807, 2.05) is 0 Å². The van der Waals surface area contributed by atoms with Gasteiger partial charge < -0.3 is 74.8 Å². The van der Waals surface area contributed by atoms with Gasteiger partial charge in [0.15, 0.2) is 29.3 Å². The molecule has 2 fully saturated rings. The Labute approximate surface area is 245 Å². The predicted molar refractivity (Wildman–Crippen MR) is 140 cm³/mol. The highest BCUT2D eigenvalue weighted by atomic mass is 16.7. The Hall–Kier alpha value is -4.04. The first-order valence-electron chi connectivity index (χ1n) is 13.0. The van der Waals surface area contributed by atoms with Crippen LogP contribution in [0, 0.1) is 0 Å². The van der Waals surface area contributed by atoms with Crippen molar-refractivity contribution in [3.05, 3.63) is 46.1 Å². The van der Waals surface area contributed by atoms with Crippen LogP contribution in [0.25, 0.3) is 22.3 Å². The molecule has 0 amide bonds. The van der Waals surface area contributed by atoms with E-state index < -0.39 is 113 Å². The van der Waals surface area contributed by atoms with Gasteiger partial charge in [0, 0.05) is 17.7 Å². The number of aliphatic carboxylic acids is 1. The average molecular weight is 625 g/mol. The molecule has 44 heavy (non-hydrogen) atoms. The van der Waals surface area contributed by atoms with Crippen molar-refractivity contribution in [2.24, 2.45) is 0 Å². The molecule has 3 aromatic rings. The number of fused-ring (bicyclic) bond motifs is 1. The standard InChI is InChI=1S/C27H28O17/c28-6-14-17(33)20(36)24(43-27-22(38)19(35)21(37)25(44-27)26(39)40)23(42-14)16-11(32)5-13-15(18(16)34)10(31)4-12(41-13)7-1-2-8(29)9(30)3-7/h1-5,14,17,19-25,27-30,32-38H,6H2,(H,39,40)/t14-,17-,19+,20+,21+,22-,23+,24-,25+,27-/m1/s1. The summed E-state index contributed by atoms with van der Waals surface area (Å²) >= 11 is 0. The molecular formula is C27H28O17. The zero-order valence-electron chi connectivity index (χ0n) is 22.2. The van der Waals surface area contributed by atoms with Crippen LogP contribution in [-0.4, -0.2) is 124 Å². The fourth-order valence-electron chi connectivity index (χ4n) is 5.20. The third-order valence-electron chi connectivity index (χ3n) is 7.53. The minimum atomic E-state index is -2.11. The number of carbonyl (C=O) groups is 1. The lowest BCUT2D eigenvalue weighted by Crippen LogP contribution is -2.63. The number of phenols is 4. The summed E-state index contributed by atoms with van der Waals surface area (Å²) in [5.74, 6) is -4.59. The third kappa shape index (κ3) is 5.30. The molecule has 0 spiro atoms. The molecule has 0 radical (unpaired) electrons. The summed E-state index contributed by atoms with van der Waals surface area (Å²) < 4.78 is 21.9. The average Bonchev–Trinajstić information content (AvgIpc) is 2.97. The number of carboxylic acid groups (broad SMARTS) is 1. The second-order valence-electron chi connectivity index (χ2n) is 10.3. The van der Waals surface area contributed by atoms with Crippen LogP contribution in [0.4, 0.5) is 0 Å². The van der Waals surface area contributed by atoms with Gasteiger partial charge >= 0.3 is 5.97 Å². The maximum Gasteiger partial charge on any atom is 0.335 e. The van der Waals surface area contributed by atoms with Crippen molar-refractivity contribution >= 4 is 16.9 Å². The SMILES string of the molecule is O=C(O)[C@H]1O[C@@H](O[C@@H]2[C@@H](O)[C@H](O)[C@@H](CO)O[C@H]2c2c(O)cc3oc(-c4ccc(O)c(O)c4)cc(=O)c3c2O)[C@H](O)[C@@H](O)[C@@H]1O. The molecule has 2 aliphatic rings. The number of aliphatic hydroxyl groups excluding tert-OH is 6. The first kappa shape index (κ1) is 31.4. The van der Waals surface area contributed by atoms with Crippen molar-refractivity contribution in [3.8, 4) is 34.3 Å². The molecule has 17 heteroatoms. The van der Waals surface area contributed by atoms with Gasteiger partial charge in [0.25, 0.3) is 0 Å². The van der Waals surface area contributed by atoms with E-state index in [0.717, 1.165) is 24.3 Å². The van der Waals surface area contributed by atoms with E-state index in [-0.39, 0.29) is 16.9 Å².